The highest BCUT2D eigenvalue weighted by Crippen LogP contribution is 2.28. The Hall–Kier alpha value is -1.55. The van der Waals surface area contributed by atoms with Crippen LogP contribution in [-0.4, -0.2) is 12.7 Å². The van der Waals surface area contributed by atoms with Crippen LogP contribution in [0.1, 0.15) is 0 Å². The van der Waals surface area contributed by atoms with E-state index in [4.69, 9.17) is 0 Å². The highest BCUT2D eigenvalue weighted by atomic mass is 32.2. The summed E-state index contributed by atoms with van der Waals surface area (Å²) in [6.07, 6.45) is 1.77. The smallest absolute Gasteiger partial charge is 0.222 e. The number of benzene rings is 1. The van der Waals surface area contributed by atoms with Crippen molar-refractivity contribution in [1.82, 2.24) is 0 Å². The average molecular weight is 289 g/mol. The standard InChI is InChI=1S/C8H4F5NO3S/c1-18-17-16-14-2-15-8-6(12)4(10)3(9)5(11)7(8)13/h2H,1H3/b14-2+. The number of hydrogen-bond donors (Lipinski definition) is 0. The van der Waals surface area contributed by atoms with Crippen LogP contribution in [-0.2, 0) is 9.32 Å². The lowest BCUT2D eigenvalue weighted by Crippen LogP contribution is -2.06. The van der Waals surface area contributed by atoms with Gasteiger partial charge in [0.05, 0.1) is 0 Å². The molecule has 10 heteroatoms. The number of ether oxygens (including phenoxy) is 1. The fourth-order valence-electron chi connectivity index (χ4n) is 0.828. The largest absolute Gasteiger partial charge is 0.436 e. The van der Waals surface area contributed by atoms with Crippen LogP contribution in [0.2, 0.25) is 0 Å². The van der Waals surface area contributed by atoms with Gasteiger partial charge in [-0.1, -0.05) is 4.33 Å². The minimum atomic E-state index is -2.28. The van der Waals surface area contributed by atoms with E-state index < -0.39 is 34.8 Å². The normalized spacial score (nSPS) is 11.0. The van der Waals surface area contributed by atoms with Crippen LogP contribution in [0, 0.1) is 29.1 Å². The van der Waals surface area contributed by atoms with Crippen molar-refractivity contribution in [2.24, 2.45) is 5.16 Å². The molecule has 0 atom stereocenters. The molecule has 1 rings (SSSR count). The summed E-state index contributed by atoms with van der Waals surface area (Å²) in [5.74, 6) is -12.3. The van der Waals surface area contributed by atoms with Gasteiger partial charge >= 0.3 is 0 Å². The molecule has 1 aromatic rings. The first-order valence-corrected chi connectivity index (χ1v) is 5.22. The van der Waals surface area contributed by atoms with Crippen molar-refractivity contribution in [3.05, 3.63) is 29.1 Å². The van der Waals surface area contributed by atoms with Gasteiger partial charge in [0.25, 0.3) is 0 Å². The molecule has 0 N–H and O–H groups in total. The molecule has 0 aliphatic heterocycles. The molecule has 0 aliphatic carbocycles. The Bertz CT molecular complexity index is 442. The summed E-state index contributed by atoms with van der Waals surface area (Å²) >= 11 is 0.752. The van der Waals surface area contributed by atoms with E-state index in [1.165, 1.54) is 6.26 Å². The summed E-state index contributed by atoms with van der Waals surface area (Å²) in [6.45, 7) is 0. The number of halogens is 5. The van der Waals surface area contributed by atoms with Gasteiger partial charge in [0.1, 0.15) is 0 Å². The molecule has 0 fully saturated rings. The Morgan fingerprint density at radius 1 is 0.944 bits per heavy atom. The second-order valence-corrected chi connectivity index (χ2v) is 3.01. The summed E-state index contributed by atoms with van der Waals surface area (Å²) in [6, 6.07) is 0. The zero-order chi connectivity index (χ0) is 13.7. The summed E-state index contributed by atoms with van der Waals surface area (Å²) in [5.41, 5.74) is 0. The summed E-state index contributed by atoms with van der Waals surface area (Å²) in [5, 5.41) is 2.86. The van der Waals surface area contributed by atoms with Gasteiger partial charge in [-0.25, -0.2) is 18.2 Å². The molecule has 0 amide bonds. The number of nitrogens with zero attached hydrogens (tertiary/aromatic N) is 1. The van der Waals surface area contributed by atoms with E-state index in [-0.39, 0.29) is 0 Å². The molecule has 18 heavy (non-hydrogen) atoms. The van der Waals surface area contributed by atoms with Crippen molar-refractivity contribution in [3.8, 4) is 5.75 Å². The number of oxime groups is 1. The SMILES string of the molecule is CSOO/N=C/Oc1c(F)c(F)c(F)c(F)c1F. The van der Waals surface area contributed by atoms with Crippen molar-refractivity contribution in [3.63, 3.8) is 0 Å². The molecule has 4 nitrogen and oxygen atoms in total. The lowest BCUT2D eigenvalue weighted by atomic mass is 10.3. The van der Waals surface area contributed by atoms with Crippen molar-refractivity contribution in [2.45, 2.75) is 0 Å². The Morgan fingerprint density at radius 3 is 1.94 bits per heavy atom. The molecule has 0 bridgehead atoms. The average Bonchev–Trinajstić information content (AvgIpc) is 2.37. The van der Waals surface area contributed by atoms with E-state index in [0.717, 1.165) is 12.0 Å². The van der Waals surface area contributed by atoms with E-state index in [2.05, 4.69) is 19.2 Å². The third-order valence-electron chi connectivity index (χ3n) is 1.52. The van der Waals surface area contributed by atoms with Gasteiger partial charge in [-0.05, 0) is 5.16 Å². The van der Waals surface area contributed by atoms with Gasteiger partial charge in [0.15, 0.2) is 0 Å². The molecule has 0 unspecified atom stereocenters. The van der Waals surface area contributed by atoms with Crippen LogP contribution in [0.5, 0.6) is 5.75 Å². The minimum Gasteiger partial charge on any atom is -0.436 e. The van der Waals surface area contributed by atoms with E-state index in [0.29, 0.717) is 6.40 Å². The van der Waals surface area contributed by atoms with Gasteiger partial charge in [0, 0.05) is 18.3 Å². The third-order valence-corrected chi connectivity index (χ3v) is 1.72. The maximum Gasteiger partial charge on any atom is 0.222 e. The van der Waals surface area contributed by atoms with Gasteiger partial charge < -0.3 is 4.74 Å². The maximum atomic E-state index is 13.0. The zero-order valence-corrected chi connectivity index (χ0v) is 9.36. The van der Waals surface area contributed by atoms with Gasteiger partial charge in [-0.15, -0.1) is 0 Å². The lowest BCUT2D eigenvalue weighted by Gasteiger charge is -2.05. The molecule has 1 aromatic carbocycles. The second kappa shape index (κ2) is 6.40. The van der Waals surface area contributed by atoms with E-state index in [1.807, 2.05) is 0 Å². The first kappa shape index (κ1) is 14.5. The monoisotopic (exact) mass is 289 g/mol. The first-order valence-electron chi connectivity index (χ1n) is 4.07. The molecule has 0 spiro atoms. The minimum absolute atomic E-state index is 0.300. The van der Waals surface area contributed by atoms with Crippen molar-refractivity contribution in [1.29, 1.82) is 0 Å². The molecule has 0 saturated carbocycles. The fraction of sp³-hybridized carbons (Fsp3) is 0.125. The third kappa shape index (κ3) is 3.01. The summed E-state index contributed by atoms with van der Waals surface area (Å²) in [7, 11) is 0. The fourth-order valence-corrected chi connectivity index (χ4v) is 0.924. The Labute approximate surface area is 101 Å². The predicted octanol–water partition coefficient (Wildman–Crippen LogP) is 2.93. The predicted molar refractivity (Wildman–Crippen MR) is 51.0 cm³/mol. The number of rotatable bonds is 5. The quantitative estimate of drug-likeness (QED) is 0.0961. The number of hydrogen-bond acceptors (Lipinski definition) is 5. The van der Waals surface area contributed by atoms with Gasteiger partial charge in [-0.2, -0.15) is 8.78 Å². The summed E-state index contributed by atoms with van der Waals surface area (Å²) < 4.78 is 72.3. The highest BCUT2D eigenvalue weighted by molar-refractivity contribution is 7.93. The molecular weight excluding hydrogens is 285 g/mol. The Morgan fingerprint density at radius 2 is 1.44 bits per heavy atom. The summed E-state index contributed by atoms with van der Waals surface area (Å²) in [4.78, 5) is 3.97. The molecule has 0 heterocycles. The van der Waals surface area contributed by atoms with Crippen molar-refractivity contribution >= 4 is 18.4 Å². The molecule has 0 aliphatic rings. The second-order valence-electron chi connectivity index (χ2n) is 2.54. The molecule has 0 saturated heterocycles. The topological polar surface area (TPSA) is 40.0 Å². The molecule has 100 valence electrons. The van der Waals surface area contributed by atoms with Crippen LogP contribution in [0.3, 0.4) is 0 Å². The molecule has 0 radical (unpaired) electrons. The molecule has 0 aromatic heterocycles. The van der Waals surface area contributed by atoms with Gasteiger partial charge in [-0.3, -0.25) is 0 Å². The molecular formula is C8H4F5NO3S. The van der Waals surface area contributed by atoms with Crippen LogP contribution in [0.15, 0.2) is 5.16 Å². The lowest BCUT2D eigenvalue weighted by molar-refractivity contribution is -0.190. The van der Waals surface area contributed by atoms with Crippen LogP contribution < -0.4 is 4.74 Å². The van der Waals surface area contributed by atoms with Crippen LogP contribution in [0.25, 0.3) is 0 Å². The highest BCUT2D eigenvalue weighted by Gasteiger charge is 2.26. The van der Waals surface area contributed by atoms with E-state index in [1.54, 1.807) is 0 Å². The van der Waals surface area contributed by atoms with Crippen molar-refractivity contribution in [2.75, 3.05) is 6.26 Å². The Balaban J connectivity index is 2.93. The van der Waals surface area contributed by atoms with E-state index >= 15 is 0 Å². The Kier molecular flexibility index (Phi) is 5.16. The van der Waals surface area contributed by atoms with Crippen molar-refractivity contribution < 1.29 is 36.0 Å². The van der Waals surface area contributed by atoms with Gasteiger partial charge in [0.2, 0.25) is 41.2 Å². The first-order chi connectivity index (χ1) is 8.50. The van der Waals surface area contributed by atoms with Crippen LogP contribution >= 0.6 is 12.0 Å². The van der Waals surface area contributed by atoms with Crippen LogP contribution in [0.4, 0.5) is 22.0 Å². The van der Waals surface area contributed by atoms with E-state index in [9.17, 15) is 22.0 Å². The maximum absolute atomic E-state index is 13.0. The zero-order valence-electron chi connectivity index (χ0n) is 8.55.